The van der Waals surface area contributed by atoms with Gasteiger partial charge in [-0.25, -0.2) is 0 Å². The van der Waals surface area contributed by atoms with Crippen LogP contribution >= 0.6 is 0 Å². The Morgan fingerprint density at radius 1 is 0.944 bits per heavy atom. The Balaban J connectivity index is 1.78. The summed E-state index contributed by atoms with van der Waals surface area (Å²) in [5, 5.41) is 2.32. The molecule has 2 nitrogen and oxygen atoms in total. The van der Waals surface area contributed by atoms with E-state index in [2.05, 4.69) is 47.8 Å². The fourth-order valence-corrected chi connectivity index (χ4v) is 2.04. The van der Waals surface area contributed by atoms with Gasteiger partial charge in [-0.05, 0) is 17.7 Å². The van der Waals surface area contributed by atoms with E-state index >= 15 is 0 Å². The maximum Gasteiger partial charge on any atom is 0.127 e. The normalized spacial score (nSPS) is 10.3. The zero-order valence-corrected chi connectivity index (χ0v) is 10.8. The Hall–Kier alpha value is -1.80. The van der Waals surface area contributed by atoms with E-state index in [1.54, 1.807) is 7.11 Å². The summed E-state index contributed by atoms with van der Waals surface area (Å²) in [5.74, 6) is 0.980. The van der Waals surface area contributed by atoms with Crippen LogP contribution < -0.4 is 10.1 Å². The average Bonchev–Trinajstić information content (AvgIpc) is 2.45. The van der Waals surface area contributed by atoms with Crippen LogP contribution in [0.2, 0.25) is 0 Å². The second-order valence-electron chi connectivity index (χ2n) is 4.33. The van der Waals surface area contributed by atoms with Crippen molar-refractivity contribution in [2.45, 2.75) is 13.0 Å². The monoisotopic (exact) mass is 242 g/mol. The molecule has 0 saturated heterocycles. The molecule has 0 spiro atoms. The van der Waals surface area contributed by atoms with Crippen molar-refractivity contribution in [3.8, 4) is 5.75 Å². The molecule has 94 valence electrons. The van der Waals surface area contributed by atoms with Gasteiger partial charge in [0.1, 0.15) is 12.3 Å². The predicted molar refractivity (Wildman–Crippen MR) is 73.6 cm³/mol. The summed E-state index contributed by atoms with van der Waals surface area (Å²) in [6.45, 7) is 2.07. The molecule has 2 heteroatoms. The molecule has 2 rings (SSSR count). The number of rotatable bonds is 6. The average molecular weight is 242 g/mol. The number of hydrogen-bond acceptors (Lipinski definition) is 1. The Labute approximate surface area is 109 Å². The van der Waals surface area contributed by atoms with Crippen LogP contribution in [0.25, 0.3) is 0 Å². The lowest BCUT2D eigenvalue weighted by atomic mass is 10.1. The van der Waals surface area contributed by atoms with Gasteiger partial charge in [0.25, 0.3) is 0 Å². The van der Waals surface area contributed by atoms with Crippen molar-refractivity contribution < 1.29 is 10.1 Å². The minimum absolute atomic E-state index is 0.969. The summed E-state index contributed by atoms with van der Waals surface area (Å²) >= 11 is 0. The lowest BCUT2D eigenvalue weighted by Gasteiger charge is -2.07. The Morgan fingerprint density at radius 2 is 1.67 bits per heavy atom. The lowest BCUT2D eigenvalue weighted by molar-refractivity contribution is -0.670. The minimum Gasteiger partial charge on any atom is -0.496 e. The van der Waals surface area contributed by atoms with Crippen LogP contribution in [-0.2, 0) is 13.0 Å². The molecule has 0 radical (unpaired) electrons. The highest BCUT2D eigenvalue weighted by atomic mass is 16.5. The molecule has 18 heavy (non-hydrogen) atoms. The zero-order chi connectivity index (χ0) is 12.6. The van der Waals surface area contributed by atoms with Gasteiger partial charge in [-0.15, -0.1) is 0 Å². The summed E-state index contributed by atoms with van der Waals surface area (Å²) < 4.78 is 5.34. The molecule has 0 heterocycles. The van der Waals surface area contributed by atoms with Gasteiger partial charge in [-0.3, -0.25) is 0 Å². The van der Waals surface area contributed by atoms with E-state index in [-0.39, 0.29) is 0 Å². The van der Waals surface area contributed by atoms with Gasteiger partial charge in [0.05, 0.1) is 13.7 Å². The number of quaternary nitrogens is 1. The highest BCUT2D eigenvalue weighted by molar-refractivity contribution is 5.32. The third-order valence-corrected chi connectivity index (χ3v) is 3.04. The highest BCUT2D eigenvalue weighted by Gasteiger charge is 2.02. The molecule has 0 bridgehead atoms. The summed E-state index contributed by atoms with van der Waals surface area (Å²) in [6, 6.07) is 18.8. The number of methoxy groups -OCH3 is 1. The van der Waals surface area contributed by atoms with Crippen LogP contribution in [0.3, 0.4) is 0 Å². The predicted octanol–water partition coefficient (Wildman–Crippen LogP) is 2.00. The largest absolute Gasteiger partial charge is 0.496 e. The summed E-state index contributed by atoms with van der Waals surface area (Å²) in [7, 11) is 1.73. The summed E-state index contributed by atoms with van der Waals surface area (Å²) in [5.41, 5.74) is 2.65. The first kappa shape index (κ1) is 12.7. The molecule has 0 fully saturated rings. The Bertz CT molecular complexity index is 468. The topological polar surface area (TPSA) is 25.8 Å². The second-order valence-corrected chi connectivity index (χ2v) is 4.33. The molecule has 0 aliphatic carbocycles. The Kier molecular flexibility index (Phi) is 4.79. The first-order valence-electron chi connectivity index (χ1n) is 6.37. The quantitative estimate of drug-likeness (QED) is 0.770. The van der Waals surface area contributed by atoms with Gasteiger partial charge >= 0.3 is 0 Å². The molecule has 0 aliphatic rings. The first-order valence-corrected chi connectivity index (χ1v) is 6.37. The van der Waals surface area contributed by atoms with E-state index < -0.39 is 0 Å². The molecule has 0 amide bonds. The molecular formula is C16H20NO+. The SMILES string of the molecule is COc1ccccc1C[NH2+]CCc1ccccc1. The van der Waals surface area contributed by atoms with E-state index in [1.165, 1.54) is 11.1 Å². The maximum absolute atomic E-state index is 5.34. The molecular weight excluding hydrogens is 222 g/mol. The third kappa shape index (κ3) is 3.60. The molecule has 0 aliphatic heterocycles. The molecule has 2 aromatic carbocycles. The van der Waals surface area contributed by atoms with Gasteiger partial charge in [-0.1, -0.05) is 42.5 Å². The molecule has 0 saturated carbocycles. The number of para-hydroxylation sites is 1. The van der Waals surface area contributed by atoms with Crippen LogP contribution in [-0.4, -0.2) is 13.7 Å². The minimum atomic E-state index is 0.969. The van der Waals surface area contributed by atoms with E-state index in [4.69, 9.17) is 4.74 Å². The highest BCUT2D eigenvalue weighted by Crippen LogP contribution is 2.15. The second kappa shape index (κ2) is 6.82. The van der Waals surface area contributed by atoms with Gasteiger partial charge in [0.15, 0.2) is 0 Å². The van der Waals surface area contributed by atoms with E-state index in [1.807, 2.05) is 12.1 Å². The Morgan fingerprint density at radius 3 is 2.44 bits per heavy atom. The fourth-order valence-electron chi connectivity index (χ4n) is 2.04. The zero-order valence-electron chi connectivity index (χ0n) is 10.8. The molecule has 0 aromatic heterocycles. The first-order chi connectivity index (χ1) is 8.90. The van der Waals surface area contributed by atoms with Crippen LogP contribution in [0, 0.1) is 0 Å². The van der Waals surface area contributed by atoms with Crippen molar-refractivity contribution >= 4 is 0 Å². The smallest absolute Gasteiger partial charge is 0.127 e. The fraction of sp³-hybridized carbons (Fsp3) is 0.250. The summed E-state index contributed by atoms with van der Waals surface area (Å²) in [4.78, 5) is 0. The van der Waals surface area contributed by atoms with Crippen molar-refractivity contribution in [3.63, 3.8) is 0 Å². The lowest BCUT2D eigenvalue weighted by Crippen LogP contribution is -2.83. The van der Waals surface area contributed by atoms with Crippen molar-refractivity contribution in [2.24, 2.45) is 0 Å². The standard InChI is InChI=1S/C16H19NO/c1-18-16-10-6-5-9-15(16)13-17-12-11-14-7-3-2-4-8-14/h2-10,17H,11-13H2,1H3/p+1. The number of hydrogen-bond donors (Lipinski definition) is 1. The van der Waals surface area contributed by atoms with Crippen molar-refractivity contribution in [1.29, 1.82) is 0 Å². The van der Waals surface area contributed by atoms with Gasteiger partial charge in [0, 0.05) is 12.0 Å². The van der Waals surface area contributed by atoms with E-state index in [0.29, 0.717) is 0 Å². The van der Waals surface area contributed by atoms with Gasteiger partial charge in [-0.2, -0.15) is 0 Å². The molecule has 0 unspecified atom stereocenters. The number of nitrogens with two attached hydrogens (primary N) is 1. The molecule has 0 atom stereocenters. The van der Waals surface area contributed by atoms with Crippen molar-refractivity contribution in [2.75, 3.05) is 13.7 Å². The van der Waals surface area contributed by atoms with Crippen LogP contribution in [0.5, 0.6) is 5.75 Å². The van der Waals surface area contributed by atoms with Crippen molar-refractivity contribution in [3.05, 3.63) is 65.7 Å². The summed E-state index contributed by atoms with van der Waals surface area (Å²) in [6.07, 6.45) is 1.11. The van der Waals surface area contributed by atoms with Gasteiger partial charge in [0.2, 0.25) is 0 Å². The number of ether oxygens (including phenoxy) is 1. The molecule has 2 aromatic rings. The van der Waals surface area contributed by atoms with Gasteiger partial charge < -0.3 is 10.1 Å². The molecule has 2 N–H and O–H groups in total. The van der Waals surface area contributed by atoms with E-state index in [9.17, 15) is 0 Å². The maximum atomic E-state index is 5.34. The third-order valence-electron chi connectivity index (χ3n) is 3.04. The van der Waals surface area contributed by atoms with Crippen LogP contribution in [0.15, 0.2) is 54.6 Å². The van der Waals surface area contributed by atoms with Crippen molar-refractivity contribution in [1.82, 2.24) is 0 Å². The van der Waals surface area contributed by atoms with Crippen LogP contribution in [0.4, 0.5) is 0 Å². The van der Waals surface area contributed by atoms with Crippen LogP contribution in [0.1, 0.15) is 11.1 Å². The van der Waals surface area contributed by atoms with E-state index in [0.717, 1.165) is 25.3 Å². The number of benzene rings is 2.